The molecule has 0 amide bonds. The second-order valence-corrected chi connectivity index (χ2v) is 7.19. The van der Waals surface area contributed by atoms with Gasteiger partial charge in [0.05, 0.1) is 5.92 Å². The highest BCUT2D eigenvalue weighted by atomic mass is 16.1. The maximum atomic E-state index is 13.0. The molecule has 1 heteroatoms. The summed E-state index contributed by atoms with van der Waals surface area (Å²) >= 11 is 0. The van der Waals surface area contributed by atoms with Crippen LogP contribution in [0.25, 0.3) is 11.6 Å². The Labute approximate surface area is 132 Å². The molecule has 0 heterocycles. The summed E-state index contributed by atoms with van der Waals surface area (Å²) in [6, 6.07) is 4.39. The number of Topliss-reactive ketones (excluding diaryl/α,β-unsaturated/α-hetero) is 1. The van der Waals surface area contributed by atoms with Gasteiger partial charge < -0.3 is 0 Å². The van der Waals surface area contributed by atoms with Crippen LogP contribution in [-0.4, -0.2) is 5.78 Å². The predicted molar refractivity (Wildman–Crippen MR) is 91.7 cm³/mol. The maximum absolute atomic E-state index is 13.0. The van der Waals surface area contributed by atoms with E-state index in [1.54, 1.807) is 0 Å². The molecule has 1 aromatic carbocycles. The molecule has 0 aromatic heterocycles. The lowest BCUT2D eigenvalue weighted by atomic mass is 9.83. The maximum Gasteiger partial charge on any atom is 0.171 e. The van der Waals surface area contributed by atoms with Crippen LogP contribution >= 0.6 is 0 Å². The molecule has 3 aliphatic rings. The van der Waals surface area contributed by atoms with Crippen molar-refractivity contribution in [3.63, 3.8) is 0 Å². The normalized spacial score (nSPS) is 22.6. The van der Waals surface area contributed by atoms with E-state index >= 15 is 0 Å². The van der Waals surface area contributed by atoms with Crippen molar-refractivity contribution in [3.8, 4) is 0 Å². The van der Waals surface area contributed by atoms with Crippen LogP contribution in [0.2, 0.25) is 0 Å². The molecule has 22 heavy (non-hydrogen) atoms. The Morgan fingerprint density at radius 1 is 1.14 bits per heavy atom. The van der Waals surface area contributed by atoms with Gasteiger partial charge in [-0.25, -0.2) is 0 Å². The number of carbonyl (C=O) groups excluding carboxylic acids is 1. The topological polar surface area (TPSA) is 17.1 Å². The van der Waals surface area contributed by atoms with Gasteiger partial charge in [-0.2, -0.15) is 0 Å². The molecule has 3 aliphatic carbocycles. The third-order valence-corrected chi connectivity index (χ3v) is 5.42. The van der Waals surface area contributed by atoms with Crippen molar-refractivity contribution >= 4 is 17.4 Å². The predicted octanol–water partition coefficient (Wildman–Crippen LogP) is 5.22. The third kappa shape index (κ3) is 1.88. The van der Waals surface area contributed by atoms with Gasteiger partial charge in [0.25, 0.3) is 0 Å². The summed E-state index contributed by atoms with van der Waals surface area (Å²) in [6.07, 6.45) is 9.65. The summed E-state index contributed by atoms with van der Waals surface area (Å²) in [7, 11) is 0. The summed E-state index contributed by atoms with van der Waals surface area (Å²) in [5.74, 6) is 1.02. The van der Waals surface area contributed by atoms with Gasteiger partial charge in [-0.05, 0) is 54.4 Å². The SMILES string of the molecule is CC1=CC=C2c3ccc4c(c3C(=O)C2C1)CCC(C(C)C)=C4. The van der Waals surface area contributed by atoms with Gasteiger partial charge in [-0.1, -0.05) is 55.4 Å². The minimum atomic E-state index is 0.0713. The van der Waals surface area contributed by atoms with E-state index in [4.69, 9.17) is 0 Å². The molecule has 0 fully saturated rings. The average Bonchev–Trinajstić information content (AvgIpc) is 2.79. The average molecular weight is 290 g/mol. The first-order valence-corrected chi connectivity index (χ1v) is 8.34. The van der Waals surface area contributed by atoms with E-state index in [1.807, 2.05) is 0 Å². The van der Waals surface area contributed by atoms with Crippen LogP contribution in [0.4, 0.5) is 0 Å². The van der Waals surface area contributed by atoms with Gasteiger partial charge in [0.2, 0.25) is 0 Å². The van der Waals surface area contributed by atoms with Crippen LogP contribution in [0.3, 0.4) is 0 Å². The fourth-order valence-electron chi connectivity index (χ4n) is 4.12. The highest BCUT2D eigenvalue weighted by Gasteiger charge is 2.38. The summed E-state index contributed by atoms with van der Waals surface area (Å²) < 4.78 is 0. The van der Waals surface area contributed by atoms with Crippen molar-refractivity contribution in [3.05, 3.63) is 57.7 Å². The molecule has 0 bridgehead atoms. The van der Waals surface area contributed by atoms with Crippen molar-refractivity contribution in [2.24, 2.45) is 11.8 Å². The molecule has 0 aliphatic heterocycles. The lowest BCUT2D eigenvalue weighted by molar-refractivity contribution is 0.0956. The smallest absolute Gasteiger partial charge is 0.171 e. The molecule has 0 radical (unpaired) electrons. The zero-order valence-corrected chi connectivity index (χ0v) is 13.6. The second kappa shape index (κ2) is 4.81. The standard InChI is InChI=1S/C21H22O/c1-12(2)14-5-8-16-15(11-14)6-9-18-17-7-4-13(3)10-19(17)21(22)20(16)18/h4,6-7,9,11-12,19H,5,8,10H2,1-3H3. The zero-order valence-electron chi connectivity index (χ0n) is 13.6. The largest absolute Gasteiger partial charge is 0.293 e. The molecule has 1 aromatic rings. The van der Waals surface area contributed by atoms with Crippen LogP contribution in [0.5, 0.6) is 0 Å². The van der Waals surface area contributed by atoms with Gasteiger partial charge in [0.1, 0.15) is 0 Å². The number of carbonyl (C=O) groups is 1. The monoisotopic (exact) mass is 290 g/mol. The van der Waals surface area contributed by atoms with Gasteiger partial charge in [0, 0.05) is 5.56 Å². The molecule has 1 unspecified atom stereocenters. The number of fused-ring (bicyclic) bond motifs is 5. The number of rotatable bonds is 1. The number of hydrogen-bond donors (Lipinski definition) is 0. The molecule has 112 valence electrons. The Kier molecular flexibility index (Phi) is 3.00. The van der Waals surface area contributed by atoms with Gasteiger partial charge >= 0.3 is 0 Å². The van der Waals surface area contributed by atoms with E-state index in [0.717, 1.165) is 24.8 Å². The summed E-state index contributed by atoms with van der Waals surface area (Å²) in [5, 5.41) is 0. The van der Waals surface area contributed by atoms with E-state index in [-0.39, 0.29) is 5.92 Å². The number of benzene rings is 1. The fourth-order valence-corrected chi connectivity index (χ4v) is 4.12. The van der Waals surface area contributed by atoms with E-state index < -0.39 is 0 Å². The molecule has 1 atom stereocenters. The summed E-state index contributed by atoms with van der Waals surface area (Å²) in [6.45, 7) is 6.63. The van der Waals surface area contributed by atoms with E-state index in [9.17, 15) is 4.79 Å². The Balaban J connectivity index is 1.87. The number of hydrogen-bond acceptors (Lipinski definition) is 1. The van der Waals surface area contributed by atoms with Crippen LogP contribution in [-0.2, 0) is 6.42 Å². The molecule has 0 saturated heterocycles. The number of ketones is 1. The molecule has 0 N–H and O–H groups in total. The first-order chi connectivity index (χ1) is 10.6. The summed E-state index contributed by atoms with van der Waals surface area (Å²) in [4.78, 5) is 13.0. The first-order valence-electron chi connectivity index (χ1n) is 8.34. The third-order valence-electron chi connectivity index (χ3n) is 5.42. The first kappa shape index (κ1) is 13.8. The van der Waals surface area contributed by atoms with Crippen molar-refractivity contribution in [2.75, 3.05) is 0 Å². The van der Waals surface area contributed by atoms with E-state index in [0.29, 0.717) is 11.7 Å². The molecule has 0 spiro atoms. The lowest BCUT2D eigenvalue weighted by Gasteiger charge is -2.21. The van der Waals surface area contributed by atoms with Crippen LogP contribution < -0.4 is 0 Å². The van der Waals surface area contributed by atoms with Crippen molar-refractivity contribution in [1.29, 1.82) is 0 Å². The van der Waals surface area contributed by atoms with Crippen LogP contribution in [0, 0.1) is 11.8 Å². The Bertz CT molecular complexity index is 771. The minimum Gasteiger partial charge on any atom is -0.293 e. The molecular weight excluding hydrogens is 268 g/mol. The Hall–Kier alpha value is -1.89. The number of allylic oxidation sites excluding steroid dienone is 5. The summed E-state index contributed by atoms with van der Waals surface area (Å²) in [5.41, 5.74) is 8.84. The quantitative estimate of drug-likeness (QED) is 0.693. The highest BCUT2D eigenvalue weighted by molar-refractivity contribution is 6.16. The van der Waals surface area contributed by atoms with Crippen molar-refractivity contribution in [2.45, 2.75) is 40.0 Å². The van der Waals surface area contributed by atoms with Crippen LogP contribution in [0.15, 0.2) is 35.4 Å². The van der Waals surface area contributed by atoms with Crippen molar-refractivity contribution < 1.29 is 4.79 Å². The minimum absolute atomic E-state index is 0.0713. The van der Waals surface area contributed by atoms with Crippen LogP contribution in [0.1, 0.15) is 60.7 Å². The Morgan fingerprint density at radius 2 is 1.95 bits per heavy atom. The van der Waals surface area contributed by atoms with Gasteiger partial charge in [-0.3, -0.25) is 4.79 Å². The highest BCUT2D eigenvalue weighted by Crippen LogP contribution is 2.46. The fraction of sp³-hybridized carbons (Fsp3) is 0.381. The van der Waals surface area contributed by atoms with E-state index in [2.05, 4.69) is 51.1 Å². The molecular formula is C21H22O. The molecule has 4 rings (SSSR count). The second-order valence-electron chi connectivity index (χ2n) is 7.19. The lowest BCUT2D eigenvalue weighted by Crippen LogP contribution is -2.13. The molecule has 1 nitrogen and oxygen atoms in total. The Morgan fingerprint density at radius 3 is 2.73 bits per heavy atom. The van der Waals surface area contributed by atoms with Gasteiger partial charge in [-0.15, -0.1) is 0 Å². The van der Waals surface area contributed by atoms with Crippen molar-refractivity contribution in [1.82, 2.24) is 0 Å². The molecule has 0 saturated carbocycles. The van der Waals surface area contributed by atoms with Gasteiger partial charge in [0.15, 0.2) is 5.78 Å². The van der Waals surface area contributed by atoms with E-state index in [1.165, 1.54) is 33.4 Å². The zero-order chi connectivity index (χ0) is 15.4.